The molecule has 0 bridgehead atoms. The van der Waals surface area contributed by atoms with E-state index in [9.17, 15) is 14.4 Å². The van der Waals surface area contributed by atoms with Crippen LogP contribution in [0.3, 0.4) is 0 Å². The van der Waals surface area contributed by atoms with Gasteiger partial charge in [-0.05, 0) is 41.5 Å². The Bertz CT molecular complexity index is 1050. The van der Waals surface area contributed by atoms with Crippen LogP contribution in [-0.2, 0) is 9.59 Å². The minimum Gasteiger partial charge on any atom is -0.358 e. The number of amides is 2. The molecular weight excluding hydrogens is 376 g/mol. The molecule has 2 aromatic rings. The van der Waals surface area contributed by atoms with Gasteiger partial charge >= 0.3 is 0 Å². The Morgan fingerprint density at radius 3 is 2.39 bits per heavy atom. The number of hydrogen-bond acceptors (Lipinski definition) is 4. The van der Waals surface area contributed by atoms with Gasteiger partial charge < -0.3 is 4.90 Å². The quantitative estimate of drug-likeness (QED) is 0.582. The fraction of sp³-hybridized carbons (Fsp3) is 0.227. The first-order chi connectivity index (χ1) is 13.5. The summed E-state index contributed by atoms with van der Waals surface area (Å²) in [5.41, 5.74) is 2.47. The van der Waals surface area contributed by atoms with Crippen LogP contribution in [0.4, 0.5) is 0 Å². The van der Waals surface area contributed by atoms with E-state index in [2.05, 4.69) is 0 Å². The number of carbonyl (C=O) groups is 3. The molecule has 3 aliphatic rings. The van der Waals surface area contributed by atoms with Gasteiger partial charge in [-0.2, -0.15) is 0 Å². The molecule has 28 heavy (non-hydrogen) atoms. The first-order valence-corrected chi connectivity index (χ1v) is 9.52. The van der Waals surface area contributed by atoms with Crippen molar-refractivity contribution in [3.8, 4) is 0 Å². The third kappa shape index (κ3) is 2.23. The fourth-order valence-corrected chi connectivity index (χ4v) is 4.92. The number of carbonyl (C=O) groups excluding carboxylic acids is 3. The molecule has 2 fully saturated rings. The number of rotatable bonds is 2. The van der Waals surface area contributed by atoms with Crippen molar-refractivity contribution in [2.45, 2.75) is 12.1 Å². The lowest BCUT2D eigenvalue weighted by Crippen LogP contribution is -2.43. The van der Waals surface area contributed by atoms with Crippen LogP contribution in [-0.4, -0.2) is 40.5 Å². The van der Waals surface area contributed by atoms with Gasteiger partial charge in [0, 0.05) is 23.8 Å². The highest BCUT2D eigenvalue weighted by Gasteiger charge is 2.63. The van der Waals surface area contributed by atoms with Gasteiger partial charge in [0.1, 0.15) is 6.04 Å². The molecule has 0 radical (unpaired) electrons. The largest absolute Gasteiger partial charge is 0.358 e. The topological polar surface area (TPSA) is 57.7 Å². The molecule has 2 amide bonds. The van der Waals surface area contributed by atoms with Crippen LogP contribution in [0.2, 0.25) is 5.02 Å². The third-order valence-corrected chi connectivity index (χ3v) is 6.33. The lowest BCUT2D eigenvalue weighted by molar-refractivity contribution is -0.139. The maximum absolute atomic E-state index is 13.4. The number of benzene rings is 2. The molecule has 140 valence electrons. The van der Waals surface area contributed by atoms with E-state index in [1.165, 1.54) is 11.9 Å². The zero-order valence-corrected chi connectivity index (χ0v) is 15.8. The van der Waals surface area contributed by atoms with E-state index >= 15 is 0 Å². The molecule has 0 aliphatic carbocycles. The summed E-state index contributed by atoms with van der Waals surface area (Å²) in [6.45, 7) is 0. The lowest BCUT2D eigenvalue weighted by Gasteiger charge is -2.35. The van der Waals surface area contributed by atoms with Crippen LogP contribution in [0.25, 0.3) is 6.08 Å². The number of ketones is 1. The predicted molar refractivity (Wildman–Crippen MR) is 104 cm³/mol. The number of imide groups is 1. The SMILES string of the molecule is CN1C(=O)[C@@H]2[C@H](C1=O)[C@H](C(=O)c1ccc(Cl)cc1)N1C=Cc3ccccc3[C@@H]21. The highest BCUT2D eigenvalue weighted by Crippen LogP contribution is 2.52. The molecule has 2 aromatic carbocycles. The third-order valence-electron chi connectivity index (χ3n) is 6.08. The van der Waals surface area contributed by atoms with Crippen LogP contribution < -0.4 is 0 Å². The van der Waals surface area contributed by atoms with Crippen molar-refractivity contribution in [2.24, 2.45) is 11.8 Å². The average Bonchev–Trinajstić information content (AvgIpc) is 3.17. The molecule has 5 rings (SSSR count). The average molecular weight is 393 g/mol. The van der Waals surface area contributed by atoms with Gasteiger partial charge in [-0.1, -0.05) is 35.9 Å². The zero-order chi connectivity index (χ0) is 19.6. The number of likely N-dealkylation sites (tertiary alicyclic amines) is 1. The second-order valence-electron chi connectivity index (χ2n) is 7.44. The number of nitrogens with zero attached hydrogens (tertiary/aromatic N) is 2. The molecule has 0 N–H and O–H groups in total. The van der Waals surface area contributed by atoms with Gasteiger partial charge in [0.15, 0.2) is 5.78 Å². The Hall–Kier alpha value is -2.92. The number of hydrogen-bond donors (Lipinski definition) is 0. The van der Waals surface area contributed by atoms with Crippen molar-refractivity contribution in [1.29, 1.82) is 0 Å². The Balaban J connectivity index is 1.65. The summed E-state index contributed by atoms with van der Waals surface area (Å²) in [6, 6.07) is 13.4. The fourth-order valence-electron chi connectivity index (χ4n) is 4.79. The maximum Gasteiger partial charge on any atom is 0.235 e. The molecular formula is C22H17ClN2O3. The Morgan fingerprint density at radius 1 is 0.964 bits per heavy atom. The van der Waals surface area contributed by atoms with Crippen LogP contribution in [0.15, 0.2) is 54.7 Å². The van der Waals surface area contributed by atoms with E-state index in [1.807, 2.05) is 41.4 Å². The summed E-state index contributed by atoms with van der Waals surface area (Å²) >= 11 is 5.96. The van der Waals surface area contributed by atoms with Gasteiger partial charge in [-0.3, -0.25) is 19.3 Å². The molecule has 0 aromatic heterocycles. The van der Waals surface area contributed by atoms with Gasteiger partial charge in [-0.15, -0.1) is 0 Å². The van der Waals surface area contributed by atoms with Gasteiger partial charge in [0.2, 0.25) is 11.8 Å². The van der Waals surface area contributed by atoms with Crippen molar-refractivity contribution in [3.63, 3.8) is 0 Å². The Morgan fingerprint density at radius 2 is 1.64 bits per heavy atom. The van der Waals surface area contributed by atoms with Gasteiger partial charge in [-0.25, -0.2) is 0 Å². The zero-order valence-electron chi connectivity index (χ0n) is 15.1. The molecule has 0 unspecified atom stereocenters. The van der Waals surface area contributed by atoms with E-state index in [-0.39, 0.29) is 23.6 Å². The minimum absolute atomic E-state index is 0.172. The highest BCUT2D eigenvalue weighted by molar-refractivity contribution is 6.30. The van der Waals surface area contributed by atoms with Crippen LogP contribution in [0, 0.1) is 11.8 Å². The van der Waals surface area contributed by atoms with Crippen molar-refractivity contribution >= 4 is 35.3 Å². The molecule has 6 heteroatoms. The van der Waals surface area contributed by atoms with Crippen LogP contribution in [0.5, 0.6) is 0 Å². The first kappa shape index (κ1) is 17.2. The smallest absolute Gasteiger partial charge is 0.235 e. The summed E-state index contributed by atoms with van der Waals surface area (Å²) in [4.78, 5) is 42.4. The van der Waals surface area contributed by atoms with Crippen molar-refractivity contribution in [3.05, 3.63) is 76.4 Å². The summed E-state index contributed by atoms with van der Waals surface area (Å²) in [5, 5.41) is 0.539. The Kier molecular flexibility index (Phi) is 3.71. The molecule has 3 aliphatic heterocycles. The van der Waals surface area contributed by atoms with E-state index in [0.717, 1.165) is 11.1 Å². The van der Waals surface area contributed by atoms with Crippen LogP contribution in [0.1, 0.15) is 27.5 Å². The normalized spacial score (nSPS) is 27.6. The number of halogens is 1. The van der Waals surface area contributed by atoms with E-state index in [4.69, 9.17) is 11.6 Å². The minimum atomic E-state index is -0.720. The van der Waals surface area contributed by atoms with E-state index in [1.54, 1.807) is 24.3 Å². The number of Topliss-reactive ketones (excluding diaryl/α,β-unsaturated/α-hetero) is 1. The molecule has 0 spiro atoms. The predicted octanol–water partition coefficient (Wildman–Crippen LogP) is 3.16. The summed E-state index contributed by atoms with van der Waals surface area (Å²) in [5.74, 6) is -1.94. The Labute approximate surface area is 167 Å². The van der Waals surface area contributed by atoms with E-state index in [0.29, 0.717) is 10.6 Å². The van der Waals surface area contributed by atoms with E-state index < -0.39 is 17.9 Å². The molecule has 5 nitrogen and oxygen atoms in total. The van der Waals surface area contributed by atoms with Crippen molar-refractivity contribution < 1.29 is 14.4 Å². The van der Waals surface area contributed by atoms with Gasteiger partial charge in [0.25, 0.3) is 0 Å². The maximum atomic E-state index is 13.4. The summed E-state index contributed by atoms with van der Waals surface area (Å²) < 4.78 is 0. The number of fused-ring (bicyclic) bond motifs is 5. The van der Waals surface area contributed by atoms with Gasteiger partial charge in [0.05, 0.1) is 17.9 Å². The monoisotopic (exact) mass is 392 g/mol. The first-order valence-electron chi connectivity index (χ1n) is 9.15. The van der Waals surface area contributed by atoms with Crippen molar-refractivity contribution in [2.75, 3.05) is 7.05 Å². The lowest BCUT2D eigenvalue weighted by atomic mass is 9.83. The molecule has 0 saturated carbocycles. The second kappa shape index (κ2) is 6.04. The summed E-state index contributed by atoms with van der Waals surface area (Å²) in [7, 11) is 1.50. The van der Waals surface area contributed by atoms with Crippen LogP contribution >= 0.6 is 11.6 Å². The second-order valence-corrected chi connectivity index (χ2v) is 7.88. The standard InChI is InChI=1S/C22H17ClN2O3/c1-24-21(27)16-17(22(24)28)19(20(26)13-6-8-14(23)9-7-13)25-11-10-12-4-2-3-5-15(12)18(16)25/h2-11,16-19H,1H3/t16-,17+,18+,19-/m1/s1. The molecule has 3 heterocycles. The summed E-state index contributed by atoms with van der Waals surface area (Å²) in [6.07, 6.45) is 3.79. The van der Waals surface area contributed by atoms with Crippen molar-refractivity contribution in [1.82, 2.24) is 9.80 Å². The highest BCUT2D eigenvalue weighted by atomic mass is 35.5. The molecule has 2 saturated heterocycles. The molecule has 4 atom stereocenters.